The number of aromatic amines is 1. The summed E-state index contributed by atoms with van der Waals surface area (Å²) in [7, 11) is 0. The maximum atomic E-state index is 8.56. The highest BCUT2D eigenvalue weighted by Crippen LogP contribution is 2.19. The van der Waals surface area contributed by atoms with E-state index in [-0.39, 0.29) is 0 Å². The van der Waals surface area contributed by atoms with Crippen LogP contribution in [-0.2, 0) is 12.3 Å². The fraction of sp³-hybridized carbons (Fsp3) is 0.529. The third-order valence-electron chi connectivity index (χ3n) is 4.04. The molecule has 0 atom stereocenters. The topological polar surface area (TPSA) is 55.7 Å². The number of nitriles is 1. The van der Waals surface area contributed by atoms with Crippen LogP contribution in [0, 0.1) is 11.3 Å². The molecule has 1 aromatic heterocycles. The van der Waals surface area contributed by atoms with E-state index in [1.165, 1.54) is 37.9 Å². The first-order valence-electron chi connectivity index (χ1n) is 8.00. The summed E-state index contributed by atoms with van der Waals surface area (Å²) in [5.74, 6) is 2.93. The van der Waals surface area contributed by atoms with Gasteiger partial charge in [-0.1, -0.05) is 12.5 Å². The minimum Gasteiger partial charge on any atom is -0.341 e. The summed E-state index contributed by atoms with van der Waals surface area (Å²) in [5, 5.41) is 8.56. The van der Waals surface area contributed by atoms with E-state index in [1.54, 1.807) is 0 Å². The molecular formula is C17H22N4S. The molecule has 1 N–H and O–H groups in total. The highest BCUT2D eigenvalue weighted by atomic mass is 32.2. The number of aromatic nitrogens is 2. The van der Waals surface area contributed by atoms with Crippen molar-refractivity contribution in [3.63, 3.8) is 0 Å². The van der Waals surface area contributed by atoms with Crippen LogP contribution in [0.15, 0.2) is 18.2 Å². The first kappa shape index (κ1) is 15.4. The number of thioether (sulfide) groups is 1. The van der Waals surface area contributed by atoms with Crippen LogP contribution in [0.4, 0.5) is 0 Å². The van der Waals surface area contributed by atoms with E-state index in [9.17, 15) is 0 Å². The summed E-state index contributed by atoms with van der Waals surface area (Å²) < 4.78 is 0. The molecular weight excluding hydrogens is 292 g/mol. The Hall–Kier alpha value is -1.51. The SMILES string of the molecule is N#CCCSCc1ccc2nc(CN3CCCCC3)[nH]c2c1. The summed E-state index contributed by atoms with van der Waals surface area (Å²) >= 11 is 1.81. The predicted molar refractivity (Wildman–Crippen MR) is 91.6 cm³/mol. The Morgan fingerprint density at radius 1 is 1.27 bits per heavy atom. The number of nitrogens with one attached hydrogen (secondary N) is 1. The second-order valence-electron chi connectivity index (χ2n) is 5.83. The van der Waals surface area contributed by atoms with Gasteiger partial charge in [0.15, 0.2) is 0 Å². The average Bonchev–Trinajstić information content (AvgIpc) is 2.94. The molecule has 0 amide bonds. The maximum Gasteiger partial charge on any atom is 0.121 e. The van der Waals surface area contributed by atoms with Gasteiger partial charge in [-0.25, -0.2) is 4.98 Å². The van der Waals surface area contributed by atoms with Crippen LogP contribution in [0.2, 0.25) is 0 Å². The lowest BCUT2D eigenvalue weighted by atomic mass is 10.1. The number of imidazole rings is 1. The van der Waals surface area contributed by atoms with Gasteiger partial charge in [0.25, 0.3) is 0 Å². The molecule has 0 unspecified atom stereocenters. The molecule has 4 nitrogen and oxygen atoms in total. The minimum atomic E-state index is 0.622. The normalized spacial score (nSPS) is 16.0. The van der Waals surface area contributed by atoms with Gasteiger partial charge in [-0.05, 0) is 43.6 Å². The van der Waals surface area contributed by atoms with Gasteiger partial charge >= 0.3 is 0 Å². The molecule has 1 aliphatic rings. The van der Waals surface area contributed by atoms with E-state index >= 15 is 0 Å². The largest absolute Gasteiger partial charge is 0.341 e. The number of piperidine rings is 1. The molecule has 0 aliphatic carbocycles. The Balaban J connectivity index is 1.63. The van der Waals surface area contributed by atoms with Crippen LogP contribution in [0.1, 0.15) is 37.1 Å². The Bertz CT molecular complexity index is 652. The van der Waals surface area contributed by atoms with E-state index in [0.29, 0.717) is 6.42 Å². The summed E-state index contributed by atoms with van der Waals surface area (Å²) in [6.07, 6.45) is 4.61. The molecule has 0 spiro atoms. The number of hydrogen-bond donors (Lipinski definition) is 1. The molecule has 1 saturated heterocycles. The van der Waals surface area contributed by atoms with Crippen molar-refractivity contribution in [3.05, 3.63) is 29.6 Å². The van der Waals surface area contributed by atoms with Gasteiger partial charge in [0.2, 0.25) is 0 Å². The lowest BCUT2D eigenvalue weighted by molar-refractivity contribution is 0.216. The van der Waals surface area contributed by atoms with E-state index in [0.717, 1.165) is 34.9 Å². The molecule has 0 radical (unpaired) electrons. The van der Waals surface area contributed by atoms with Gasteiger partial charge < -0.3 is 4.98 Å². The number of rotatable bonds is 6. The Labute approximate surface area is 135 Å². The van der Waals surface area contributed by atoms with Crippen LogP contribution < -0.4 is 0 Å². The van der Waals surface area contributed by atoms with E-state index in [4.69, 9.17) is 10.2 Å². The Morgan fingerprint density at radius 3 is 2.95 bits per heavy atom. The zero-order valence-electron chi connectivity index (χ0n) is 12.8. The predicted octanol–water partition coefficient (Wildman–Crippen LogP) is 3.70. The van der Waals surface area contributed by atoms with Gasteiger partial charge in [-0.2, -0.15) is 17.0 Å². The molecule has 2 heterocycles. The van der Waals surface area contributed by atoms with Crippen molar-refractivity contribution in [2.75, 3.05) is 18.8 Å². The first-order valence-corrected chi connectivity index (χ1v) is 9.15. The molecule has 0 saturated carbocycles. The minimum absolute atomic E-state index is 0.622. The Kier molecular flexibility index (Phi) is 5.36. The van der Waals surface area contributed by atoms with Crippen molar-refractivity contribution >= 4 is 22.8 Å². The highest BCUT2D eigenvalue weighted by molar-refractivity contribution is 7.98. The molecule has 1 aromatic carbocycles. The summed E-state index contributed by atoms with van der Waals surface area (Å²) in [5.41, 5.74) is 3.48. The lowest BCUT2D eigenvalue weighted by Crippen LogP contribution is -2.29. The lowest BCUT2D eigenvalue weighted by Gasteiger charge is -2.25. The van der Waals surface area contributed by atoms with E-state index < -0.39 is 0 Å². The van der Waals surface area contributed by atoms with Gasteiger partial charge in [0.1, 0.15) is 5.82 Å². The zero-order valence-corrected chi connectivity index (χ0v) is 13.7. The summed E-state index contributed by atoms with van der Waals surface area (Å²) in [6, 6.07) is 8.63. The first-order chi connectivity index (χ1) is 10.8. The third kappa shape index (κ3) is 4.02. The fourth-order valence-corrected chi connectivity index (χ4v) is 3.71. The number of fused-ring (bicyclic) bond motifs is 1. The summed E-state index contributed by atoms with van der Waals surface area (Å²) in [6.45, 7) is 3.32. The van der Waals surface area contributed by atoms with Gasteiger partial charge in [-0.15, -0.1) is 0 Å². The average molecular weight is 314 g/mol. The number of likely N-dealkylation sites (tertiary alicyclic amines) is 1. The van der Waals surface area contributed by atoms with Crippen molar-refractivity contribution in [2.45, 2.75) is 38.0 Å². The van der Waals surface area contributed by atoms with Crippen LogP contribution >= 0.6 is 11.8 Å². The van der Waals surface area contributed by atoms with Crippen molar-refractivity contribution in [3.8, 4) is 6.07 Å². The highest BCUT2D eigenvalue weighted by Gasteiger charge is 2.12. The number of H-pyrrole nitrogens is 1. The standard InChI is InChI=1S/C17H22N4S/c18-7-4-10-22-13-14-5-6-15-16(11-14)20-17(19-15)12-21-8-2-1-3-9-21/h5-6,11H,1-4,8-10,12-13H2,(H,19,20). The van der Waals surface area contributed by atoms with E-state index in [1.807, 2.05) is 11.8 Å². The third-order valence-corrected chi connectivity index (χ3v) is 5.07. The van der Waals surface area contributed by atoms with E-state index in [2.05, 4.69) is 34.2 Å². The molecule has 1 fully saturated rings. The maximum absolute atomic E-state index is 8.56. The number of hydrogen-bond acceptors (Lipinski definition) is 4. The second kappa shape index (κ2) is 7.66. The van der Waals surface area contributed by atoms with Crippen LogP contribution in [0.5, 0.6) is 0 Å². The molecule has 3 rings (SSSR count). The second-order valence-corrected chi connectivity index (χ2v) is 6.94. The van der Waals surface area contributed by atoms with Gasteiger partial charge in [0.05, 0.1) is 23.6 Å². The molecule has 22 heavy (non-hydrogen) atoms. The van der Waals surface area contributed by atoms with Crippen LogP contribution in [0.3, 0.4) is 0 Å². The smallest absolute Gasteiger partial charge is 0.121 e. The summed E-state index contributed by atoms with van der Waals surface area (Å²) in [4.78, 5) is 10.7. The molecule has 116 valence electrons. The fourth-order valence-electron chi connectivity index (χ4n) is 2.91. The molecule has 0 bridgehead atoms. The Morgan fingerprint density at radius 2 is 2.14 bits per heavy atom. The van der Waals surface area contributed by atoms with Crippen LogP contribution in [0.25, 0.3) is 11.0 Å². The molecule has 2 aromatic rings. The quantitative estimate of drug-likeness (QED) is 0.826. The number of nitrogens with zero attached hydrogens (tertiary/aromatic N) is 3. The van der Waals surface area contributed by atoms with Crippen molar-refractivity contribution in [1.29, 1.82) is 5.26 Å². The molecule has 1 aliphatic heterocycles. The van der Waals surface area contributed by atoms with Crippen LogP contribution in [-0.4, -0.2) is 33.7 Å². The van der Waals surface area contributed by atoms with Crippen molar-refractivity contribution in [1.82, 2.24) is 14.9 Å². The van der Waals surface area contributed by atoms with Gasteiger partial charge in [-0.3, -0.25) is 4.90 Å². The number of benzene rings is 1. The van der Waals surface area contributed by atoms with Crippen molar-refractivity contribution < 1.29 is 0 Å². The van der Waals surface area contributed by atoms with Gasteiger partial charge in [0, 0.05) is 17.9 Å². The van der Waals surface area contributed by atoms with Crippen molar-refractivity contribution in [2.24, 2.45) is 0 Å². The zero-order chi connectivity index (χ0) is 15.2. The molecule has 5 heteroatoms. The monoisotopic (exact) mass is 314 g/mol.